The lowest BCUT2D eigenvalue weighted by Crippen LogP contribution is -2.46. The number of carbonyl (C=O) groups excluding carboxylic acids is 3. The number of nitrogens with zero attached hydrogens (tertiary/aromatic N) is 15. The normalized spacial score (nSPS) is 14.5. The van der Waals surface area contributed by atoms with Crippen LogP contribution in [0.25, 0.3) is 66.9 Å². The smallest absolute Gasteiger partial charge is 0.298 e. The van der Waals surface area contributed by atoms with E-state index in [1.54, 1.807) is 4.90 Å². The van der Waals surface area contributed by atoms with Gasteiger partial charge in [-0.1, -0.05) is 90.0 Å². The highest BCUT2D eigenvalue weighted by molar-refractivity contribution is 6.00. The number of anilines is 3. The summed E-state index contributed by atoms with van der Waals surface area (Å²) in [5.74, 6) is 7.31. The molecule has 12 aromatic rings. The van der Waals surface area contributed by atoms with Crippen molar-refractivity contribution in [2.75, 3.05) is 56.5 Å². The van der Waals surface area contributed by atoms with Crippen LogP contribution in [0.5, 0.6) is 34.5 Å². The van der Waals surface area contributed by atoms with Crippen LogP contribution in [-0.4, -0.2) is 131 Å². The van der Waals surface area contributed by atoms with Gasteiger partial charge in [0, 0.05) is 56.0 Å². The van der Waals surface area contributed by atoms with E-state index in [1.807, 2.05) is 188 Å². The average Bonchev–Trinajstić information content (AvgIpc) is 1.63. The van der Waals surface area contributed by atoms with Gasteiger partial charge in [0.15, 0.2) is 16.9 Å². The minimum Gasteiger partial charge on any atom is -0.457 e. The lowest BCUT2D eigenvalue weighted by atomic mass is 10.1. The third kappa shape index (κ3) is 16.4. The van der Waals surface area contributed by atoms with Gasteiger partial charge in [0.1, 0.15) is 88.0 Å². The zero-order valence-electron chi connectivity index (χ0n) is 54.6. The molecule has 0 bridgehead atoms. The molecule has 0 spiro atoms. The van der Waals surface area contributed by atoms with Crippen molar-refractivity contribution in [3.05, 3.63) is 208 Å². The molecular weight excluding hydrogens is 1300 g/mol. The van der Waals surface area contributed by atoms with Crippen molar-refractivity contribution in [1.29, 1.82) is 0 Å². The Morgan fingerprint density at radius 3 is 1.15 bits per heavy atom. The molecule has 25 heteroatoms. The second-order valence-corrected chi connectivity index (χ2v) is 23.9. The van der Waals surface area contributed by atoms with Crippen LogP contribution in [0.1, 0.15) is 78.9 Å². The monoisotopic (exact) mass is 1380 g/mol. The molecule has 7 N–H and O–H groups in total. The van der Waals surface area contributed by atoms with E-state index in [0.717, 1.165) is 106 Å². The lowest BCUT2D eigenvalue weighted by Gasteiger charge is -2.31. The number of para-hydroxylation sites is 3. The highest BCUT2D eigenvalue weighted by atomic mass is 16.5. The molecule has 25 nitrogen and oxygen atoms in total. The maximum atomic E-state index is 12.1. The number of nitrogens with one attached hydrogen (secondary N) is 1. The third-order valence-electron chi connectivity index (χ3n) is 17.6. The molecule has 3 aliphatic rings. The van der Waals surface area contributed by atoms with E-state index >= 15 is 0 Å². The molecule has 3 aliphatic heterocycles. The van der Waals surface area contributed by atoms with E-state index in [2.05, 4.69) is 54.4 Å². The van der Waals surface area contributed by atoms with Crippen molar-refractivity contribution in [2.45, 2.75) is 78.9 Å². The Hall–Kier alpha value is -12.8. The quantitative estimate of drug-likeness (QED) is 0.0547. The first-order chi connectivity index (χ1) is 48.9. The maximum Gasteiger partial charge on any atom is 0.298 e. The van der Waals surface area contributed by atoms with Gasteiger partial charge in [-0.25, -0.2) is 49.0 Å². The zero-order chi connectivity index (χ0) is 69.1. The van der Waals surface area contributed by atoms with Gasteiger partial charge in [0.2, 0.25) is 5.91 Å². The first-order valence-corrected chi connectivity index (χ1v) is 32.7. The Kier molecular flexibility index (Phi) is 23.6. The van der Waals surface area contributed by atoms with Crippen LogP contribution in [-0.2, 0) is 14.4 Å². The maximum absolute atomic E-state index is 12.1. The summed E-state index contributed by atoms with van der Waals surface area (Å²) in [5, 5.41) is 18.8. The Morgan fingerprint density at radius 2 is 0.796 bits per heavy atom. The van der Waals surface area contributed by atoms with E-state index < -0.39 is 0 Å². The fraction of sp³-hybridized carbons (Fsp3) is 0.231. The summed E-state index contributed by atoms with van der Waals surface area (Å²) in [5.41, 5.74) is 28.5. The van der Waals surface area contributed by atoms with Gasteiger partial charge in [0.25, 0.3) is 11.8 Å². The summed E-state index contributed by atoms with van der Waals surface area (Å²) in [6.45, 7) is 10.9. The molecule has 6 aromatic carbocycles. The number of terminal acetylenes is 1. The van der Waals surface area contributed by atoms with Gasteiger partial charge >= 0.3 is 0 Å². The first-order valence-electron chi connectivity index (χ1n) is 32.7. The molecule has 1 atom stereocenters. The average molecular weight is 1380 g/mol. The van der Waals surface area contributed by atoms with Gasteiger partial charge in [-0.05, 0) is 166 Å². The number of hydrogen-bond donors (Lipinski definition) is 4. The molecule has 0 radical (unpaired) electrons. The number of likely N-dealkylation sites (tertiary alicyclic amines) is 2. The number of benzene rings is 6. The van der Waals surface area contributed by atoms with Crippen LogP contribution in [0.15, 0.2) is 208 Å². The third-order valence-corrected chi connectivity index (χ3v) is 17.6. The van der Waals surface area contributed by atoms with E-state index in [0.29, 0.717) is 90.5 Å². The SMILES string of the molecule is C.C.C.C#CC(=O)N1CCCC(n2nc(-c3ccc(Oc4ccccc4)cc3)c3c(N)ncnc32)C1.C=CC(=O)N1CCC(n2nc(-c3ccc(Oc4ccccc4)cc3)c3c(N)ncnc32)CC1.C=CC(=O)NN1CCC(n2nc(-c3ccc(Oc4ccccc4)cc3)c3c(N)ncnc32)CC1. The second kappa shape index (κ2) is 33.4. The van der Waals surface area contributed by atoms with Gasteiger partial charge in [-0.15, -0.1) is 6.42 Å². The zero-order valence-corrected chi connectivity index (χ0v) is 54.6. The van der Waals surface area contributed by atoms with Gasteiger partial charge in [-0.3, -0.25) is 19.8 Å². The fourth-order valence-electron chi connectivity index (χ4n) is 12.6. The molecule has 1 unspecified atom stereocenters. The molecule has 9 heterocycles. The molecule has 3 amide bonds. The van der Waals surface area contributed by atoms with E-state index in [-0.39, 0.29) is 58.1 Å². The topological polar surface area (TPSA) is 310 Å². The van der Waals surface area contributed by atoms with Gasteiger partial charge in [-0.2, -0.15) is 15.3 Å². The Morgan fingerprint density at radius 1 is 0.447 bits per heavy atom. The fourth-order valence-corrected chi connectivity index (χ4v) is 12.6. The molecule has 15 rings (SSSR count). The largest absolute Gasteiger partial charge is 0.457 e. The number of ether oxygens (including phenoxy) is 3. The van der Waals surface area contributed by atoms with E-state index in [1.165, 1.54) is 31.1 Å². The predicted molar refractivity (Wildman–Crippen MR) is 402 cm³/mol. The Bertz CT molecular complexity index is 4930. The summed E-state index contributed by atoms with van der Waals surface area (Å²) < 4.78 is 23.5. The number of fused-ring (bicyclic) bond motifs is 3. The van der Waals surface area contributed by atoms with Crippen molar-refractivity contribution in [2.24, 2.45) is 0 Å². The molecule has 0 saturated carbocycles. The number of hydrogen-bond acceptors (Lipinski definition) is 19. The minimum atomic E-state index is -0.306. The Balaban J connectivity index is 0.000000164. The number of nitrogens with two attached hydrogens (primary N) is 3. The van der Waals surface area contributed by atoms with Crippen molar-refractivity contribution >= 4 is 68.3 Å². The first kappa shape index (κ1) is 72.9. The minimum absolute atomic E-state index is 0. The molecule has 3 saturated heterocycles. The highest BCUT2D eigenvalue weighted by Gasteiger charge is 2.31. The van der Waals surface area contributed by atoms with Crippen molar-refractivity contribution in [1.82, 2.24) is 79.5 Å². The second-order valence-electron chi connectivity index (χ2n) is 23.9. The molecule has 103 heavy (non-hydrogen) atoms. The molecule has 3 fully saturated rings. The number of aromatic nitrogens is 12. The molecule has 526 valence electrons. The standard InChI is InChI=1S/C25H25N7O2.C25H22N6O2.C25H24N6O2.3CH4/c1-2-21(33)29-31-14-12-18(13-15-31)32-25-22(24(26)27-16-28-25)23(30-32)17-8-10-20(11-9-17)34-19-6-4-3-5-7-19;1-2-21(32)30-14-6-7-18(15-30)31-25-22(24(26)27-16-28-25)23(29-31)17-10-12-20(13-11-17)33-19-8-4-3-5-9-19;1-2-21(32)30-14-12-18(13-15-30)31-25-22(24(26)27-16-28-25)23(29-31)17-8-10-20(11-9-17)33-19-6-4-3-5-7-19;;;/h2-11,16,18H,1,12-15H2,(H,29,33)(H2,26,27,28);1,3-5,8-13,16,18H,6-7,14-15H2,(H2,26,27,28);2-11,16,18H,1,12-15H2,(H2,26,27,28);3*1H4. The van der Waals surface area contributed by atoms with Crippen LogP contribution in [0, 0.1) is 12.3 Å². The van der Waals surface area contributed by atoms with Gasteiger partial charge < -0.3 is 41.2 Å². The number of carbonyl (C=O) groups is 3. The lowest BCUT2D eigenvalue weighted by molar-refractivity contribution is -0.127. The Labute approximate surface area is 597 Å². The van der Waals surface area contributed by atoms with Crippen molar-refractivity contribution in [3.63, 3.8) is 0 Å². The number of hydrazine groups is 1. The highest BCUT2D eigenvalue weighted by Crippen LogP contribution is 2.39. The van der Waals surface area contributed by atoms with Crippen molar-refractivity contribution < 1.29 is 28.6 Å². The molecule has 0 aliphatic carbocycles. The van der Waals surface area contributed by atoms with Crippen molar-refractivity contribution in [3.8, 4) is 80.6 Å². The molecular formula is C78H83N19O6. The number of nitrogen functional groups attached to an aromatic ring is 3. The van der Waals surface area contributed by atoms with Gasteiger partial charge in [0.05, 0.1) is 34.3 Å². The predicted octanol–water partition coefficient (Wildman–Crippen LogP) is 13.5. The number of amides is 3. The number of rotatable bonds is 15. The van der Waals surface area contributed by atoms with E-state index in [4.69, 9.17) is 53.1 Å². The van der Waals surface area contributed by atoms with Crippen LogP contribution in [0.2, 0.25) is 0 Å². The summed E-state index contributed by atoms with van der Waals surface area (Å²) in [6.07, 6.45) is 17.2. The number of piperidine rings is 3. The summed E-state index contributed by atoms with van der Waals surface area (Å²) in [4.78, 5) is 65.1. The van der Waals surface area contributed by atoms with Crippen LogP contribution < -0.4 is 36.8 Å². The summed E-state index contributed by atoms with van der Waals surface area (Å²) >= 11 is 0. The van der Waals surface area contributed by atoms with Crippen LogP contribution >= 0.6 is 0 Å². The van der Waals surface area contributed by atoms with E-state index in [9.17, 15) is 14.4 Å². The summed E-state index contributed by atoms with van der Waals surface area (Å²) in [6, 6.07) is 52.2. The van der Waals surface area contributed by atoms with Crippen LogP contribution in [0.4, 0.5) is 17.5 Å². The summed E-state index contributed by atoms with van der Waals surface area (Å²) in [7, 11) is 0. The molecule has 6 aromatic heterocycles. The van der Waals surface area contributed by atoms with Crippen LogP contribution in [0.3, 0.4) is 0 Å².